The van der Waals surface area contributed by atoms with Gasteiger partial charge in [-0.3, -0.25) is 9.32 Å². The second-order valence-corrected chi connectivity index (χ2v) is 20.5. The molecule has 0 heterocycles. The van der Waals surface area contributed by atoms with Gasteiger partial charge < -0.3 is 20.2 Å². The fraction of sp³-hybridized carbons (Fsp3) is 0.981. The lowest BCUT2D eigenvalue weighted by Gasteiger charge is -2.24. The molecule has 0 aromatic carbocycles. The second-order valence-electron chi connectivity index (χ2n) is 19.3. The summed E-state index contributed by atoms with van der Waals surface area (Å²) in [5.74, 6) is -0.185. The number of aliphatic hydroxyl groups excluding tert-OH is 1. The van der Waals surface area contributed by atoms with Crippen molar-refractivity contribution >= 4 is 13.7 Å². The van der Waals surface area contributed by atoms with Gasteiger partial charge >= 0.3 is 7.82 Å². The van der Waals surface area contributed by atoms with Crippen molar-refractivity contribution in [2.45, 2.75) is 328 Å². The van der Waals surface area contributed by atoms with Crippen LogP contribution in [0, 0.1) is 0 Å². The van der Waals surface area contributed by atoms with Crippen LogP contribution in [-0.2, 0) is 13.9 Å². The van der Waals surface area contributed by atoms with E-state index in [0.717, 1.165) is 38.5 Å². The second kappa shape index (κ2) is 49.0. The molecule has 0 aliphatic carbocycles. The molecule has 2 atom stereocenters. The molecule has 0 saturated heterocycles. The molecule has 4 N–H and O–H groups in total. The number of aliphatic hydroxyl groups is 1. The van der Waals surface area contributed by atoms with Gasteiger partial charge in [0.15, 0.2) is 0 Å². The highest BCUT2D eigenvalue weighted by atomic mass is 31.2. The summed E-state index contributed by atoms with van der Waals surface area (Å²) in [6.45, 7) is 4.17. The van der Waals surface area contributed by atoms with Gasteiger partial charge in [-0.1, -0.05) is 296 Å². The lowest BCUT2D eigenvalue weighted by molar-refractivity contribution is -0.123. The zero-order chi connectivity index (χ0) is 44.6. The van der Waals surface area contributed by atoms with Gasteiger partial charge in [-0.05, 0) is 12.8 Å². The minimum Gasteiger partial charge on any atom is -0.391 e. The van der Waals surface area contributed by atoms with Crippen LogP contribution in [0.1, 0.15) is 316 Å². The fourth-order valence-corrected chi connectivity index (χ4v) is 9.29. The molecule has 0 aliphatic heterocycles. The Bertz CT molecular complexity index is 915. The first-order chi connectivity index (χ1) is 29.8. The van der Waals surface area contributed by atoms with Gasteiger partial charge in [0.25, 0.3) is 0 Å². The van der Waals surface area contributed by atoms with Crippen molar-refractivity contribution < 1.29 is 28.8 Å². The SMILES string of the molecule is CCCCCCCCCCCCCCCCCCCCCCCCCCCCCCC(=O)N[C@@H](COP(=O)(O)O)[C@H](O)CCCCCCCCCCCCCCCCCCC. The number of phosphoric ester groups is 1. The number of amides is 1. The molecule has 1 amide bonds. The van der Waals surface area contributed by atoms with E-state index in [1.165, 1.54) is 250 Å². The summed E-state index contributed by atoms with van der Waals surface area (Å²) in [5.41, 5.74) is 0. The quantitative estimate of drug-likeness (QED) is 0.0357. The number of unbranched alkanes of at least 4 members (excludes halogenated alkanes) is 43. The standard InChI is InChI=1S/C53H108NO6P/c1-3-5-7-9-11-13-15-17-19-21-22-23-24-25-26-27-28-29-30-31-33-35-37-39-41-43-45-47-49-53(56)54-51(50-60-61(57,58)59)52(55)48-46-44-42-40-38-36-34-32-20-18-16-14-12-10-8-6-4-2/h51-52,55H,3-50H2,1-2H3,(H,54,56)(H2,57,58,59)/t51-,52+/m0/s1. The smallest absolute Gasteiger partial charge is 0.391 e. The predicted molar refractivity (Wildman–Crippen MR) is 264 cm³/mol. The number of hydrogen-bond donors (Lipinski definition) is 4. The van der Waals surface area contributed by atoms with Crippen LogP contribution in [0.25, 0.3) is 0 Å². The first-order valence-electron chi connectivity index (χ1n) is 27.5. The molecule has 0 saturated carbocycles. The number of rotatable bonds is 52. The molecule has 8 heteroatoms. The monoisotopic (exact) mass is 886 g/mol. The van der Waals surface area contributed by atoms with Crippen molar-refractivity contribution in [2.75, 3.05) is 6.61 Å². The van der Waals surface area contributed by atoms with E-state index >= 15 is 0 Å². The Morgan fingerprint density at radius 2 is 0.639 bits per heavy atom. The van der Waals surface area contributed by atoms with E-state index in [1.807, 2.05) is 0 Å². The summed E-state index contributed by atoms with van der Waals surface area (Å²) >= 11 is 0. The van der Waals surface area contributed by atoms with Gasteiger partial charge in [-0.15, -0.1) is 0 Å². The zero-order valence-corrected chi connectivity index (χ0v) is 42.0. The Morgan fingerprint density at radius 3 is 0.885 bits per heavy atom. The lowest BCUT2D eigenvalue weighted by atomic mass is 10.0. The predicted octanol–water partition coefficient (Wildman–Crippen LogP) is 17.3. The van der Waals surface area contributed by atoms with Crippen molar-refractivity contribution in [3.63, 3.8) is 0 Å². The summed E-state index contributed by atoms with van der Waals surface area (Å²) in [7, 11) is -4.69. The normalized spacial score (nSPS) is 12.9. The molecule has 366 valence electrons. The molecule has 0 spiro atoms. The third-order valence-corrected chi connectivity index (χ3v) is 13.6. The molecule has 0 radical (unpaired) electrons. The van der Waals surface area contributed by atoms with E-state index in [0.29, 0.717) is 12.8 Å². The van der Waals surface area contributed by atoms with Crippen LogP contribution in [0.3, 0.4) is 0 Å². The molecule has 0 aliphatic rings. The summed E-state index contributed by atoms with van der Waals surface area (Å²) in [6, 6.07) is -0.819. The zero-order valence-electron chi connectivity index (χ0n) is 41.1. The first kappa shape index (κ1) is 60.5. The van der Waals surface area contributed by atoms with Gasteiger partial charge in [0, 0.05) is 6.42 Å². The minimum absolute atomic E-state index is 0.185. The molecule has 0 rings (SSSR count). The molecule has 0 unspecified atom stereocenters. The van der Waals surface area contributed by atoms with E-state index in [1.54, 1.807) is 0 Å². The van der Waals surface area contributed by atoms with Crippen LogP contribution in [0.2, 0.25) is 0 Å². The number of carbonyl (C=O) groups is 1. The average Bonchev–Trinajstić information content (AvgIpc) is 3.24. The largest absolute Gasteiger partial charge is 0.469 e. The summed E-state index contributed by atoms with van der Waals surface area (Å²) in [6.07, 6.45) is 59.8. The van der Waals surface area contributed by atoms with Crippen molar-refractivity contribution in [3.8, 4) is 0 Å². The van der Waals surface area contributed by atoms with Crippen molar-refractivity contribution in [1.82, 2.24) is 5.32 Å². The molecule has 0 bridgehead atoms. The van der Waals surface area contributed by atoms with Crippen molar-refractivity contribution in [2.24, 2.45) is 0 Å². The van der Waals surface area contributed by atoms with E-state index < -0.39 is 26.6 Å². The molecule has 0 aromatic heterocycles. The minimum atomic E-state index is -4.69. The highest BCUT2D eigenvalue weighted by Gasteiger charge is 2.25. The van der Waals surface area contributed by atoms with Crippen LogP contribution in [0.4, 0.5) is 0 Å². The Kier molecular flexibility index (Phi) is 48.6. The molecule has 7 nitrogen and oxygen atoms in total. The van der Waals surface area contributed by atoms with Crippen LogP contribution in [0.5, 0.6) is 0 Å². The van der Waals surface area contributed by atoms with E-state index in [9.17, 15) is 24.3 Å². The Hall–Kier alpha value is -0.460. The van der Waals surface area contributed by atoms with Gasteiger partial charge in [0.1, 0.15) is 0 Å². The number of carbonyl (C=O) groups excluding carboxylic acids is 1. The maximum absolute atomic E-state index is 12.7. The summed E-state index contributed by atoms with van der Waals surface area (Å²) in [4.78, 5) is 31.1. The van der Waals surface area contributed by atoms with E-state index in [4.69, 9.17) is 4.52 Å². The molecular formula is C53H108NO6P. The number of phosphoric acid groups is 1. The maximum Gasteiger partial charge on any atom is 0.469 e. The Balaban J connectivity index is 3.69. The van der Waals surface area contributed by atoms with Crippen LogP contribution in [-0.4, -0.2) is 39.6 Å². The average molecular weight is 886 g/mol. The maximum atomic E-state index is 12.7. The van der Waals surface area contributed by atoms with E-state index in [2.05, 4.69) is 19.2 Å². The van der Waals surface area contributed by atoms with Gasteiger partial charge in [0.05, 0.1) is 18.8 Å². The van der Waals surface area contributed by atoms with Gasteiger partial charge in [0.2, 0.25) is 5.91 Å². The van der Waals surface area contributed by atoms with Gasteiger partial charge in [-0.25, -0.2) is 4.57 Å². The highest BCUT2D eigenvalue weighted by Crippen LogP contribution is 2.36. The molecule has 0 aromatic rings. The third kappa shape index (κ3) is 50.4. The van der Waals surface area contributed by atoms with Gasteiger partial charge in [-0.2, -0.15) is 0 Å². The highest BCUT2D eigenvalue weighted by molar-refractivity contribution is 7.46. The van der Waals surface area contributed by atoms with Crippen molar-refractivity contribution in [1.29, 1.82) is 0 Å². The van der Waals surface area contributed by atoms with Crippen LogP contribution in [0.15, 0.2) is 0 Å². The summed E-state index contributed by atoms with van der Waals surface area (Å²) < 4.78 is 16.1. The number of nitrogens with one attached hydrogen (secondary N) is 1. The molecule has 0 fully saturated rings. The third-order valence-electron chi connectivity index (χ3n) is 13.1. The Morgan fingerprint density at radius 1 is 0.410 bits per heavy atom. The fourth-order valence-electron chi connectivity index (χ4n) is 8.94. The molecular weight excluding hydrogens is 778 g/mol. The number of hydrogen-bond acceptors (Lipinski definition) is 4. The van der Waals surface area contributed by atoms with Crippen LogP contribution < -0.4 is 5.32 Å². The van der Waals surface area contributed by atoms with Crippen LogP contribution >= 0.6 is 7.82 Å². The molecule has 61 heavy (non-hydrogen) atoms. The summed E-state index contributed by atoms with van der Waals surface area (Å²) in [5, 5.41) is 13.6. The lowest BCUT2D eigenvalue weighted by Crippen LogP contribution is -2.46. The topological polar surface area (TPSA) is 116 Å². The Labute approximate surface area is 380 Å². The van der Waals surface area contributed by atoms with E-state index in [-0.39, 0.29) is 5.91 Å². The van der Waals surface area contributed by atoms with Crippen molar-refractivity contribution in [3.05, 3.63) is 0 Å². The first-order valence-corrected chi connectivity index (χ1v) is 29.0.